The lowest BCUT2D eigenvalue weighted by molar-refractivity contribution is 0.396. The first-order chi connectivity index (χ1) is 11.2. The van der Waals surface area contributed by atoms with Gasteiger partial charge in [-0.3, -0.25) is 9.78 Å². The van der Waals surface area contributed by atoms with Gasteiger partial charge in [0.05, 0.1) is 14.2 Å². The summed E-state index contributed by atoms with van der Waals surface area (Å²) in [6.07, 6.45) is 6.99. The van der Waals surface area contributed by atoms with E-state index in [2.05, 4.69) is 4.98 Å². The monoisotopic (exact) mass is 309 g/mol. The zero-order chi connectivity index (χ0) is 16.2. The third-order valence-corrected chi connectivity index (χ3v) is 3.39. The van der Waals surface area contributed by atoms with E-state index in [1.807, 2.05) is 18.2 Å². The molecule has 0 fully saturated rings. The maximum atomic E-state index is 12.4. The van der Waals surface area contributed by atoms with Gasteiger partial charge in [-0.2, -0.15) is 0 Å². The predicted molar refractivity (Wildman–Crippen MR) is 88.8 cm³/mol. The summed E-state index contributed by atoms with van der Waals surface area (Å²) >= 11 is 0. The van der Waals surface area contributed by atoms with E-state index >= 15 is 0 Å². The van der Waals surface area contributed by atoms with E-state index in [1.165, 1.54) is 13.2 Å². The first-order valence-corrected chi connectivity index (χ1v) is 6.99. The molecule has 5 nitrogen and oxygen atoms in total. The zero-order valence-corrected chi connectivity index (χ0v) is 12.8. The lowest BCUT2D eigenvalue weighted by atomic mass is 10.1. The molecule has 5 heteroatoms. The fraction of sp³-hybridized carbons (Fsp3) is 0.111. The topological polar surface area (TPSA) is 61.6 Å². The summed E-state index contributed by atoms with van der Waals surface area (Å²) in [4.78, 5) is 16.3. The van der Waals surface area contributed by atoms with Gasteiger partial charge in [0.15, 0.2) is 5.43 Å². The minimum absolute atomic E-state index is 0.167. The Morgan fingerprint density at radius 2 is 1.83 bits per heavy atom. The molecular formula is C18H15NO4. The van der Waals surface area contributed by atoms with Crippen LogP contribution in [-0.2, 0) is 0 Å². The first kappa shape index (κ1) is 14.8. The Balaban J connectivity index is 2.10. The fourth-order valence-electron chi connectivity index (χ4n) is 2.26. The summed E-state index contributed by atoms with van der Waals surface area (Å²) in [5, 5.41) is 0.398. The lowest BCUT2D eigenvalue weighted by Gasteiger charge is -2.08. The van der Waals surface area contributed by atoms with Crippen molar-refractivity contribution in [1.82, 2.24) is 4.98 Å². The molecule has 2 aromatic heterocycles. The number of pyridine rings is 1. The third-order valence-electron chi connectivity index (χ3n) is 3.39. The molecule has 0 saturated heterocycles. The third kappa shape index (κ3) is 3.08. The maximum absolute atomic E-state index is 12.4. The standard InChI is InChI=1S/C18H15NO4/c1-21-14-10-16(22-2)18-15(20)9-13(23-17(18)11-14)4-3-12-5-7-19-8-6-12/h3-11H,1-2H3/b4-3+. The van der Waals surface area contributed by atoms with Crippen LogP contribution in [0.2, 0.25) is 0 Å². The molecule has 0 aliphatic rings. The summed E-state index contributed by atoms with van der Waals surface area (Å²) < 4.78 is 16.2. The van der Waals surface area contributed by atoms with Gasteiger partial charge in [-0.05, 0) is 23.8 Å². The molecule has 1 aromatic carbocycles. The van der Waals surface area contributed by atoms with Gasteiger partial charge in [-0.25, -0.2) is 0 Å². The molecular weight excluding hydrogens is 294 g/mol. The fourth-order valence-corrected chi connectivity index (χ4v) is 2.26. The van der Waals surface area contributed by atoms with Crippen LogP contribution in [0.5, 0.6) is 11.5 Å². The molecule has 0 aliphatic carbocycles. The molecule has 23 heavy (non-hydrogen) atoms. The summed E-state index contributed by atoms with van der Waals surface area (Å²) in [6.45, 7) is 0. The number of rotatable bonds is 4. The molecule has 3 aromatic rings. The van der Waals surface area contributed by atoms with Gasteiger partial charge in [-0.15, -0.1) is 0 Å². The van der Waals surface area contributed by atoms with Crippen LogP contribution in [0.4, 0.5) is 0 Å². The van der Waals surface area contributed by atoms with Crippen molar-refractivity contribution >= 4 is 23.1 Å². The second kappa shape index (κ2) is 6.36. The smallest absolute Gasteiger partial charge is 0.197 e. The second-order valence-electron chi connectivity index (χ2n) is 4.83. The largest absolute Gasteiger partial charge is 0.496 e. The van der Waals surface area contributed by atoms with Crippen molar-refractivity contribution in [2.24, 2.45) is 0 Å². The van der Waals surface area contributed by atoms with Crippen molar-refractivity contribution in [3.63, 3.8) is 0 Å². The number of aromatic nitrogens is 1. The predicted octanol–water partition coefficient (Wildman–Crippen LogP) is 3.38. The first-order valence-electron chi connectivity index (χ1n) is 6.99. The van der Waals surface area contributed by atoms with E-state index < -0.39 is 0 Å². The van der Waals surface area contributed by atoms with Crippen molar-refractivity contribution < 1.29 is 13.9 Å². The SMILES string of the molecule is COc1cc(OC)c2c(=O)cc(/C=C/c3ccncc3)oc2c1. The highest BCUT2D eigenvalue weighted by molar-refractivity contribution is 5.86. The van der Waals surface area contributed by atoms with Gasteiger partial charge in [0.25, 0.3) is 0 Å². The van der Waals surface area contributed by atoms with Crippen molar-refractivity contribution in [2.75, 3.05) is 14.2 Å². The van der Waals surface area contributed by atoms with Crippen molar-refractivity contribution in [3.8, 4) is 11.5 Å². The van der Waals surface area contributed by atoms with Crippen molar-refractivity contribution in [3.05, 3.63) is 64.3 Å². The number of hydrogen-bond acceptors (Lipinski definition) is 5. The quantitative estimate of drug-likeness (QED) is 0.739. The summed E-state index contributed by atoms with van der Waals surface area (Å²) in [7, 11) is 3.05. The van der Waals surface area contributed by atoms with Gasteiger partial charge < -0.3 is 13.9 Å². The van der Waals surface area contributed by atoms with E-state index in [4.69, 9.17) is 13.9 Å². The molecule has 3 rings (SSSR count). The van der Waals surface area contributed by atoms with Gasteiger partial charge in [-0.1, -0.05) is 6.08 Å². The van der Waals surface area contributed by atoms with Crippen LogP contribution in [0.1, 0.15) is 11.3 Å². The van der Waals surface area contributed by atoms with E-state index in [0.29, 0.717) is 28.2 Å². The van der Waals surface area contributed by atoms with Crippen LogP contribution in [0.15, 0.2) is 51.9 Å². The summed E-state index contributed by atoms with van der Waals surface area (Å²) in [5.41, 5.74) is 1.22. The minimum Gasteiger partial charge on any atom is -0.496 e. The molecule has 0 atom stereocenters. The average Bonchev–Trinajstić information content (AvgIpc) is 2.59. The van der Waals surface area contributed by atoms with E-state index in [0.717, 1.165) is 5.56 Å². The minimum atomic E-state index is -0.167. The Morgan fingerprint density at radius 1 is 1.04 bits per heavy atom. The number of nitrogens with zero attached hydrogens (tertiary/aromatic N) is 1. The molecule has 0 bridgehead atoms. The second-order valence-corrected chi connectivity index (χ2v) is 4.83. The molecule has 0 aliphatic heterocycles. The number of methoxy groups -OCH3 is 2. The molecule has 0 spiro atoms. The molecule has 0 amide bonds. The highest BCUT2D eigenvalue weighted by atomic mass is 16.5. The Hall–Kier alpha value is -3.08. The Kier molecular flexibility index (Phi) is 4.10. The molecule has 0 radical (unpaired) electrons. The Labute approximate surface area is 132 Å². The Morgan fingerprint density at radius 3 is 2.52 bits per heavy atom. The van der Waals surface area contributed by atoms with E-state index in [-0.39, 0.29) is 5.43 Å². The average molecular weight is 309 g/mol. The Bertz CT molecular complexity index is 913. The van der Waals surface area contributed by atoms with Gasteiger partial charge >= 0.3 is 0 Å². The number of fused-ring (bicyclic) bond motifs is 1. The lowest BCUT2D eigenvalue weighted by Crippen LogP contribution is -2.03. The maximum Gasteiger partial charge on any atom is 0.197 e. The van der Waals surface area contributed by atoms with Crippen molar-refractivity contribution in [2.45, 2.75) is 0 Å². The molecule has 0 saturated carbocycles. The van der Waals surface area contributed by atoms with E-state index in [9.17, 15) is 4.79 Å². The van der Waals surface area contributed by atoms with E-state index in [1.54, 1.807) is 37.7 Å². The number of benzene rings is 1. The van der Waals surface area contributed by atoms with Crippen LogP contribution in [0.25, 0.3) is 23.1 Å². The van der Waals surface area contributed by atoms with Crippen LogP contribution in [0.3, 0.4) is 0 Å². The zero-order valence-electron chi connectivity index (χ0n) is 12.8. The summed E-state index contributed by atoms with van der Waals surface area (Å²) in [6, 6.07) is 8.49. The molecule has 116 valence electrons. The summed E-state index contributed by atoms with van der Waals surface area (Å²) in [5.74, 6) is 1.44. The van der Waals surface area contributed by atoms with Crippen LogP contribution in [-0.4, -0.2) is 19.2 Å². The van der Waals surface area contributed by atoms with Crippen LogP contribution in [0, 0.1) is 0 Å². The van der Waals surface area contributed by atoms with Crippen molar-refractivity contribution in [1.29, 1.82) is 0 Å². The van der Waals surface area contributed by atoms with Gasteiger partial charge in [0, 0.05) is 30.6 Å². The highest BCUT2D eigenvalue weighted by Gasteiger charge is 2.11. The van der Waals surface area contributed by atoms with Crippen LogP contribution < -0.4 is 14.9 Å². The normalized spacial score (nSPS) is 11.0. The number of ether oxygens (including phenoxy) is 2. The molecule has 0 unspecified atom stereocenters. The van der Waals surface area contributed by atoms with Gasteiger partial charge in [0.1, 0.15) is 28.2 Å². The molecule has 2 heterocycles. The number of hydrogen-bond donors (Lipinski definition) is 0. The van der Waals surface area contributed by atoms with Crippen LogP contribution >= 0.6 is 0 Å². The highest BCUT2D eigenvalue weighted by Crippen LogP contribution is 2.29. The van der Waals surface area contributed by atoms with Gasteiger partial charge in [0.2, 0.25) is 0 Å². The molecule has 0 N–H and O–H groups in total.